The second kappa shape index (κ2) is 7.25. The van der Waals surface area contributed by atoms with Crippen molar-refractivity contribution >= 4 is 29.2 Å². The molecule has 0 aromatic heterocycles. The average molecular weight is 316 g/mol. The van der Waals surface area contributed by atoms with Crippen LogP contribution in [0.4, 0.5) is 5.69 Å². The van der Waals surface area contributed by atoms with Gasteiger partial charge in [-0.1, -0.05) is 11.6 Å². The van der Waals surface area contributed by atoms with Crippen molar-refractivity contribution in [3.63, 3.8) is 0 Å². The van der Waals surface area contributed by atoms with Gasteiger partial charge in [0.1, 0.15) is 10.8 Å². The molecule has 0 heterocycles. The van der Waals surface area contributed by atoms with E-state index in [1.807, 2.05) is 0 Å². The maximum absolute atomic E-state index is 11.5. The molecule has 0 unspecified atom stereocenters. The van der Waals surface area contributed by atoms with Crippen LogP contribution in [0.3, 0.4) is 0 Å². The van der Waals surface area contributed by atoms with Crippen molar-refractivity contribution in [2.45, 2.75) is 0 Å². The molecule has 112 valence electrons. The first-order chi connectivity index (χ1) is 9.88. The van der Waals surface area contributed by atoms with Crippen molar-refractivity contribution < 1.29 is 28.7 Å². The van der Waals surface area contributed by atoms with E-state index in [1.165, 1.54) is 12.1 Å². The normalized spacial score (nSPS) is 10.7. The number of nitro groups is 1. The number of methoxy groups -OCH3 is 2. The fourth-order valence-corrected chi connectivity index (χ4v) is 1.41. The highest BCUT2D eigenvalue weighted by Crippen LogP contribution is 2.29. The number of nitro benzene ring substituents is 1. The lowest BCUT2D eigenvalue weighted by molar-refractivity contribution is -0.384. The number of rotatable bonds is 5. The molecular formula is C12H10ClNO7. The molecule has 8 nitrogen and oxygen atoms in total. The molecule has 1 aromatic rings. The van der Waals surface area contributed by atoms with Gasteiger partial charge < -0.3 is 14.2 Å². The van der Waals surface area contributed by atoms with Gasteiger partial charge in [0.05, 0.1) is 31.3 Å². The van der Waals surface area contributed by atoms with Crippen LogP contribution < -0.4 is 4.74 Å². The molecule has 1 aromatic carbocycles. The molecule has 0 atom stereocenters. The van der Waals surface area contributed by atoms with E-state index in [-0.39, 0.29) is 10.8 Å². The quantitative estimate of drug-likeness (QED) is 0.268. The third-order valence-corrected chi connectivity index (χ3v) is 2.50. The lowest BCUT2D eigenvalue weighted by Crippen LogP contribution is -2.13. The zero-order valence-corrected chi connectivity index (χ0v) is 11.7. The van der Waals surface area contributed by atoms with E-state index in [0.717, 1.165) is 26.4 Å². The smallest absolute Gasteiger partial charge is 0.374 e. The molecule has 0 bridgehead atoms. The fraction of sp³-hybridized carbons (Fsp3) is 0.167. The summed E-state index contributed by atoms with van der Waals surface area (Å²) in [5.74, 6) is -2.34. The van der Waals surface area contributed by atoms with E-state index in [2.05, 4.69) is 9.47 Å². The molecule has 0 fully saturated rings. The van der Waals surface area contributed by atoms with Crippen LogP contribution in [-0.4, -0.2) is 31.1 Å². The van der Waals surface area contributed by atoms with Gasteiger partial charge in [-0.05, 0) is 12.1 Å². The fourth-order valence-electron chi connectivity index (χ4n) is 1.22. The Bertz CT molecular complexity index is 612. The molecule has 1 rings (SSSR count). The van der Waals surface area contributed by atoms with Gasteiger partial charge in [0.15, 0.2) is 0 Å². The number of hydrogen-bond donors (Lipinski definition) is 0. The highest BCUT2D eigenvalue weighted by Gasteiger charge is 2.18. The van der Waals surface area contributed by atoms with Crippen LogP contribution in [0, 0.1) is 10.1 Å². The standard InChI is InChI=1S/C12H10ClNO7/c1-19-11(15)6-10(12(16)20-2)21-7-3-4-8(13)9(5-7)14(17)18/h3-6H,1-2H3/b10-6-. The van der Waals surface area contributed by atoms with Crippen molar-refractivity contribution in [3.8, 4) is 5.75 Å². The van der Waals surface area contributed by atoms with Crippen molar-refractivity contribution in [1.29, 1.82) is 0 Å². The molecule has 0 aliphatic rings. The Morgan fingerprint density at radius 1 is 1.29 bits per heavy atom. The van der Waals surface area contributed by atoms with E-state index in [9.17, 15) is 19.7 Å². The summed E-state index contributed by atoms with van der Waals surface area (Å²) in [4.78, 5) is 32.7. The number of halogens is 1. The van der Waals surface area contributed by atoms with E-state index < -0.39 is 28.3 Å². The van der Waals surface area contributed by atoms with Crippen molar-refractivity contribution in [2.24, 2.45) is 0 Å². The van der Waals surface area contributed by atoms with Gasteiger partial charge in [0.2, 0.25) is 5.76 Å². The highest BCUT2D eigenvalue weighted by molar-refractivity contribution is 6.32. The number of esters is 2. The predicted molar refractivity (Wildman–Crippen MR) is 70.8 cm³/mol. The van der Waals surface area contributed by atoms with Gasteiger partial charge in [0.25, 0.3) is 5.69 Å². The first kappa shape index (κ1) is 16.4. The Kier molecular flexibility index (Phi) is 5.67. The molecule has 0 radical (unpaired) electrons. The van der Waals surface area contributed by atoms with E-state index in [0.29, 0.717) is 0 Å². The molecule has 0 saturated heterocycles. The lowest BCUT2D eigenvalue weighted by atomic mass is 10.3. The zero-order chi connectivity index (χ0) is 16.0. The van der Waals surface area contributed by atoms with Gasteiger partial charge in [0, 0.05) is 0 Å². The minimum atomic E-state index is -0.946. The number of carbonyl (C=O) groups excluding carboxylic acids is 2. The topological polar surface area (TPSA) is 105 Å². The first-order valence-corrected chi connectivity index (χ1v) is 5.76. The van der Waals surface area contributed by atoms with Crippen LogP contribution in [0.5, 0.6) is 5.75 Å². The number of nitrogens with zero attached hydrogens (tertiary/aromatic N) is 1. The average Bonchev–Trinajstić information content (AvgIpc) is 2.46. The highest BCUT2D eigenvalue weighted by atomic mass is 35.5. The van der Waals surface area contributed by atoms with Gasteiger partial charge in [-0.3, -0.25) is 10.1 Å². The summed E-state index contributed by atoms with van der Waals surface area (Å²) in [5.41, 5.74) is -0.406. The number of ether oxygens (including phenoxy) is 3. The predicted octanol–water partition coefficient (Wildman–Crippen LogP) is 1.86. The summed E-state index contributed by atoms with van der Waals surface area (Å²) in [6.45, 7) is 0. The van der Waals surface area contributed by atoms with Gasteiger partial charge >= 0.3 is 11.9 Å². The molecule has 0 spiro atoms. The Hall–Kier alpha value is -2.61. The number of hydrogen-bond acceptors (Lipinski definition) is 7. The minimum absolute atomic E-state index is 0.0633. The summed E-state index contributed by atoms with van der Waals surface area (Å²) in [7, 11) is 2.20. The Labute approximate surface area is 124 Å². The van der Waals surface area contributed by atoms with Gasteiger partial charge in [-0.2, -0.15) is 0 Å². The third kappa shape index (κ3) is 4.46. The molecule has 0 amide bonds. The summed E-state index contributed by atoms with van der Waals surface area (Å²) in [6, 6.07) is 3.53. The first-order valence-electron chi connectivity index (χ1n) is 5.38. The van der Waals surface area contributed by atoms with E-state index >= 15 is 0 Å². The number of carbonyl (C=O) groups is 2. The van der Waals surface area contributed by atoms with Crippen LogP contribution in [0.2, 0.25) is 5.02 Å². The summed E-state index contributed by atoms with van der Waals surface area (Å²) >= 11 is 5.65. The van der Waals surface area contributed by atoms with Gasteiger partial charge in [-0.25, -0.2) is 9.59 Å². The molecule has 9 heteroatoms. The molecule has 0 aliphatic carbocycles. The Morgan fingerprint density at radius 3 is 2.48 bits per heavy atom. The largest absolute Gasteiger partial charge is 0.466 e. The summed E-state index contributed by atoms with van der Waals surface area (Å²) in [6.07, 6.45) is 0.756. The Balaban J connectivity index is 3.12. The summed E-state index contributed by atoms with van der Waals surface area (Å²) < 4.78 is 13.9. The van der Waals surface area contributed by atoms with Crippen molar-refractivity contribution in [1.82, 2.24) is 0 Å². The van der Waals surface area contributed by atoms with Crippen molar-refractivity contribution in [3.05, 3.63) is 45.2 Å². The van der Waals surface area contributed by atoms with Crippen LogP contribution in [0.1, 0.15) is 0 Å². The second-order valence-corrected chi connectivity index (χ2v) is 3.90. The lowest BCUT2D eigenvalue weighted by Gasteiger charge is -2.08. The van der Waals surface area contributed by atoms with E-state index in [1.54, 1.807) is 0 Å². The second-order valence-electron chi connectivity index (χ2n) is 3.50. The zero-order valence-electron chi connectivity index (χ0n) is 11.0. The maximum Gasteiger partial charge on any atom is 0.374 e. The van der Waals surface area contributed by atoms with Gasteiger partial charge in [-0.15, -0.1) is 0 Å². The molecule has 0 N–H and O–H groups in total. The monoisotopic (exact) mass is 315 g/mol. The van der Waals surface area contributed by atoms with Crippen molar-refractivity contribution in [2.75, 3.05) is 14.2 Å². The summed E-state index contributed by atoms with van der Waals surface area (Å²) in [5, 5.41) is 10.7. The number of benzene rings is 1. The minimum Gasteiger partial charge on any atom is -0.466 e. The van der Waals surface area contributed by atoms with Crippen LogP contribution in [0.15, 0.2) is 30.0 Å². The SMILES string of the molecule is COC(=O)/C=C(\Oc1ccc(Cl)c([N+](=O)[O-])c1)C(=O)OC. The molecular weight excluding hydrogens is 306 g/mol. The maximum atomic E-state index is 11.5. The van der Waals surface area contributed by atoms with Crippen LogP contribution in [0.25, 0.3) is 0 Å². The van der Waals surface area contributed by atoms with Crippen LogP contribution >= 0.6 is 11.6 Å². The molecule has 0 saturated carbocycles. The molecule has 21 heavy (non-hydrogen) atoms. The van der Waals surface area contributed by atoms with E-state index in [4.69, 9.17) is 16.3 Å². The molecule has 0 aliphatic heterocycles. The van der Waals surface area contributed by atoms with Crippen LogP contribution in [-0.2, 0) is 19.1 Å². The third-order valence-electron chi connectivity index (χ3n) is 2.18. The Morgan fingerprint density at radius 2 is 1.95 bits per heavy atom.